The van der Waals surface area contributed by atoms with Gasteiger partial charge in [-0.25, -0.2) is 4.79 Å². The number of nitrogens with one attached hydrogen (secondary N) is 1. The zero-order valence-electron chi connectivity index (χ0n) is 12.8. The highest BCUT2D eigenvalue weighted by molar-refractivity contribution is 9.09. The largest absolute Gasteiger partial charge is 0.444 e. The van der Waals surface area contributed by atoms with Gasteiger partial charge in [-0.05, 0) is 34.1 Å². The first-order valence-corrected chi connectivity index (χ1v) is 8.01. The molecule has 0 radical (unpaired) electrons. The second kappa shape index (κ2) is 8.80. The van der Waals surface area contributed by atoms with Crippen LogP contribution in [0.15, 0.2) is 0 Å². The summed E-state index contributed by atoms with van der Waals surface area (Å²) in [5.74, 6) is 0. The molecule has 4 nitrogen and oxygen atoms in total. The molecule has 0 heterocycles. The van der Waals surface area contributed by atoms with Gasteiger partial charge in [-0.2, -0.15) is 0 Å². The number of hydrogen-bond donors (Lipinski definition) is 1. The molecule has 5 heteroatoms. The first kappa shape index (κ1) is 18.7. The van der Waals surface area contributed by atoms with Gasteiger partial charge >= 0.3 is 6.09 Å². The third kappa shape index (κ3) is 10.2. The Labute approximate surface area is 125 Å². The monoisotopic (exact) mass is 337 g/mol. The van der Waals surface area contributed by atoms with Crippen LogP contribution in [0.2, 0.25) is 0 Å². The Kier molecular flexibility index (Phi) is 8.66. The van der Waals surface area contributed by atoms with E-state index in [1.807, 2.05) is 27.7 Å². The van der Waals surface area contributed by atoms with Crippen LogP contribution in [-0.2, 0) is 9.47 Å². The number of alkyl carbamates (subject to hydrolysis) is 1. The van der Waals surface area contributed by atoms with Gasteiger partial charge in [0.2, 0.25) is 0 Å². The van der Waals surface area contributed by atoms with Crippen molar-refractivity contribution >= 4 is 22.0 Å². The first-order chi connectivity index (χ1) is 8.72. The van der Waals surface area contributed by atoms with E-state index in [1.165, 1.54) is 6.42 Å². The molecular formula is C14H28BrNO3. The van der Waals surface area contributed by atoms with Crippen LogP contribution >= 0.6 is 15.9 Å². The van der Waals surface area contributed by atoms with E-state index in [0.29, 0.717) is 18.5 Å². The second-order valence-corrected chi connectivity index (χ2v) is 6.56. The summed E-state index contributed by atoms with van der Waals surface area (Å²) in [7, 11) is 0. The average Bonchev–Trinajstić information content (AvgIpc) is 2.30. The minimum atomic E-state index is -0.475. The summed E-state index contributed by atoms with van der Waals surface area (Å²) in [5.41, 5.74) is -0.873. The smallest absolute Gasteiger partial charge is 0.407 e. The number of unbranched alkanes of at least 4 members (excludes halogenated alkanes) is 2. The molecule has 0 aliphatic heterocycles. The van der Waals surface area contributed by atoms with Gasteiger partial charge in [-0.15, -0.1) is 0 Å². The molecule has 0 saturated heterocycles. The lowest BCUT2D eigenvalue weighted by atomic mass is 10.1. The Morgan fingerprint density at radius 1 is 1.21 bits per heavy atom. The molecule has 0 saturated carbocycles. The van der Waals surface area contributed by atoms with E-state index in [9.17, 15) is 4.79 Å². The van der Waals surface area contributed by atoms with Gasteiger partial charge in [0.05, 0.1) is 12.1 Å². The van der Waals surface area contributed by atoms with Gasteiger partial charge in [0, 0.05) is 11.9 Å². The molecule has 0 aromatic heterocycles. The Hall–Kier alpha value is -0.290. The topological polar surface area (TPSA) is 47.6 Å². The molecule has 0 aromatic carbocycles. The lowest BCUT2D eigenvalue weighted by Crippen LogP contribution is -2.45. The SMILES string of the molecule is CCCCCOC(C)(CBr)CNC(=O)OC(C)(C)C. The molecule has 114 valence electrons. The molecule has 0 fully saturated rings. The minimum Gasteiger partial charge on any atom is -0.444 e. The van der Waals surface area contributed by atoms with E-state index in [0.717, 1.165) is 12.8 Å². The van der Waals surface area contributed by atoms with Crippen molar-refractivity contribution < 1.29 is 14.3 Å². The normalized spacial score (nSPS) is 14.8. The van der Waals surface area contributed by atoms with E-state index in [-0.39, 0.29) is 0 Å². The molecule has 0 aliphatic rings. The highest BCUT2D eigenvalue weighted by Gasteiger charge is 2.25. The van der Waals surface area contributed by atoms with Crippen LogP contribution in [-0.4, -0.2) is 35.8 Å². The Morgan fingerprint density at radius 2 is 1.84 bits per heavy atom. The third-order valence-corrected chi connectivity index (χ3v) is 3.67. The summed E-state index contributed by atoms with van der Waals surface area (Å²) < 4.78 is 11.0. The molecular weight excluding hydrogens is 310 g/mol. The summed E-state index contributed by atoms with van der Waals surface area (Å²) in [6.07, 6.45) is 2.98. The molecule has 0 bridgehead atoms. The van der Waals surface area contributed by atoms with Crippen molar-refractivity contribution in [3.05, 3.63) is 0 Å². The molecule has 19 heavy (non-hydrogen) atoms. The summed E-state index contributed by atoms with van der Waals surface area (Å²) >= 11 is 3.44. The summed E-state index contributed by atoms with van der Waals surface area (Å²) in [4.78, 5) is 11.6. The fourth-order valence-corrected chi connectivity index (χ4v) is 1.74. The number of halogens is 1. The number of amides is 1. The first-order valence-electron chi connectivity index (χ1n) is 6.89. The molecule has 1 atom stereocenters. The fourth-order valence-electron chi connectivity index (χ4n) is 1.38. The predicted octanol–water partition coefficient (Wildman–Crippen LogP) is 3.87. The van der Waals surface area contributed by atoms with E-state index in [4.69, 9.17) is 9.47 Å². The van der Waals surface area contributed by atoms with Crippen molar-refractivity contribution in [1.82, 2.24) is 5.32 Å². The molecule has 1 amide bonds. The number of hydrogen-bond acceptors (Lipinski definition) is 3. The minimum absolute atomic E-state index is 0.398. The zero-order valence-corrected chi connectivity index (χ0v) is 14.4. The number of rotatable bonds is 8. The molecule has 0 aromatic rings. The lowest BCUT2D eigenvalue weighted by Gasteiger charge is -2.29. The third-order valence-electron chi connectivity index (χ3n) is 2.49. The number of carbonyl (C=O) groups excluding carboxylic acids is 1. The number of ether oxygens (including phenoxy) is 2. The average molecular weight is 338 g/mol. The maximum atomic E-state index is 11.6. The highest BCUT2D eigenvalue weighted by atomic mass is 79.9. The van der Waals surface area contributed by atoms with E-state index < -0.39 is 17.3 Å². The predicted molar refractivity (Wildman–Crippen MR) is 81.9 cm³/mol. The zero-order chi connectivity index (χ0) is 14.9. The standard InChI is InChI=1S/C14H28BrNO3/c1-6-7-8-9-18-14(5,10-15)11-16-12(17)19-13(2,3)4/h6-11H2,1-5H3,(H,16,17). The summed E-state index contributed by atoms with van der Waals surface area (Å²) in [6, 6.07) is 0. The Morgan fingerprint density at radius 3 is 2.32 bits per heavy atom. The van der Waals surface area contributed by atoms with Gasteiger partial charge in [0.25, 0.3) is 0 Å². The van der Waals surface area contributed by atoms with Gasteiger partial charge < -0.3 is 14.8 Å². The number of carbonyl (C=O) groups is 1. The molecule has 0 aliphatic carbocycles. The lowest BCUT2D eigenvalue weighted by molar-refractivity contribution is -0.0165. The van der Waals surface area contributed by atoms with Crippen molar-refractivity contribution in [2.45, 2.75) is 65.1 Å². The fraction of sp³-hybridized carbons (Fsp3) is 0.929. The van der Waals surface area contributed by atoms with Gasteiger partial charge in [-0.1, -0.05) is 35.7 Å². The van der Waals surface area contributed by atoms with Crippen LogP contribution in [0.5, 0.6) is 0 Å². The van der Waals surface area contributed by atoms with Gasteiger partial charge in [-0.3, -0.25) is 0 Å². The van der Waals surface area contributed by atoms with Crippen molar-refractivity contribution in [2.24, 2.45) is 0 Å². The second-order valence-electron chi connectivity index (χ2n) is 5.99. The maximum Gasteiger partial charge on any atom is 0.407 e. The molecule has 1 unspecified atom stereocenters. The Balaban J connectivity index is 4.05. The van der Waals surface area contributed by atoms with Crippen LogP contribution in [0.1, 0.15) is 53.9 Å². The quantitative estimate of drug-likeness (QED) is 0.540. The Bertz CT molecular complexity index is 266. The van der Waals surface area contributed by atoms with E-state index >= 15 is 0 Å². The van der Waals surface area contributed by atoms with E-state index in [1.54, 1.807) is 0 Å². The molecule has 1 N–H and O–H groups in total. The van der Waals surface area contributed by atoms with Crippen LogP contribution in [0.25, 0.3) is 0 Å². The van der Waals surface area contributed by atoms with Crippen LogP contribution in [0, 0.1) is 0 Å². The van der Waals surface area contributed by atoms with Crippen molar-refractivity contribution in [1.29, 1.82) is 0 Å². The van der Waals surface area contributed by atoms with Crippen molar-refractivity contribution in [3.63, 3.8) is 0 Å². The van der Waals surface area contributed by atoms with E-state index in [2.05, 4.69) is 28.2 Å². The molecule has 0 rings (SSSR count). The van der Waals surface area contributed by atoms with Crippen LogP contribution < -0.4 is 5.32 Å². The van der Waals surface area contributed by atoms with Crippen molar-refractivity contribution in [3.8, 4) is 0 Å². The highest BCUT2D eigenvalue weighted by Crippen LogP contribution is 2.14. The van der Waals surface area contributed by atoms with Gasteiger partial charge in [0.15, 0.2) is 0 Å². The maximum absolute atomic E-state index is 11.6. The number of alkyl halides is 1. The van der Waals surface area contributed by atoms with Crippen LogP contribution in [0.4, 0.5) is 4.79 Å². The van der Waals surface area contributed by atoms with Crippen LogP contribution in [0.3, 0.4) is 0 Å². The summed E-state index contributed by atoms with van der Waals surface area (Å²) in [6.45, 7) is 10.8. The van der Waals surface area contributed by atoms with Gasteiger partial charge in [0.1, 0.15) is 5.60 Å². The summed E-state index contributed by atoms with van der Waals surface area (Å²) in [5, 5.41) is 3.42. The van der Waals surface area contributed by atoms with Crippen molar-refractivity contribution in [2.75, 3.05) is 18.5 Å². The molecule has 0 spiro atoms.